The fourth-order valence-corrected chi connectivity index (χ4v) is 2.57. The first-order valence-electron chi connectivity index (χ1n) is 8.04. The highest BCUT2D eigenvalue weighted by molar-refractivity contribution is 5.96. The van der Waals surface area contributed by atoms with E-state index in [9.17, 15) is 9.59 Å². The quantitative estimate of drug-likeness (QED) is 0.819. The van der Waals surface area contributed by atoms with Gasteiger partial charge >= 0.3 is 5.97 Å². The Labute approximate surface area is 148 Å². The molecule has 0 aliphatic heterocycles. The molecule has 1 unspecified atom stereocenters. The number of benzene rings is 2. The third-order valence-corrected chi connectivity index (χ3v) is 4.27. The third-order valence-electron chi connectivity index (χ3n) is 4.27. The molecule has 25 heavy (non-hydrogen) atoms. The second kappa shape index (κ2) is 8.33. The van der Waals surface area contributed by atoms with Crippen LogP contribution < -0.4 is 10.1 Å². The zero-order chi connectivity index (χ0) is 18.4. The van der Waals surface area contributed by atoms with Gasteiger partial charge in [0.25, 0.3) is 5.91 Å². The maximum atomic E-state index is 12.7. The highest BCUT2D eigenvalue weighted by atomic mass is 16.5. The van der Waals surface area contributed by atoms with Crippen molar-refractivity contribution in [3.8, 4) is 5.75 Å². The van der Waals surface area contributed by atoms with Gasteiger partial charge in [0.05, 0.1) is 26.7 Å². The third kappa shape index (κ3) is 4.59. The van der Waals surface area contributed by atoms with Crippen molar-refractivity contribution in [3.63, 3.8) is 0 Å². The Hall–Kier alpha value is -2.82. The van der Waals surface area contributed by atoms with Crippen LogP contribution in [0.15, 0.2) is 42.5 Å². The van der Waals surface area contributed by atoms with E-state index in [1.807, 2.05) is 38.1 Å². The number of hydrogen-bond acceptors (Lipinski definition) is 4. The van der Waals surface area contributed by atoms with Crippen LogP contribution in [0.4, 0.5) is 0 Å². The molecule has 1 N–H and O–H groups in total. The van der Waals surface area contributed by atoms with Crippen molar-refractivity contribution < 1.29 is 19.1 Å². The van der Waals surface area contributed by atoms with Crippen molar-refractivity contribution in [3.05, 3.63) is 64.7 Å². The number of ether oxygens (including phenoxy) is 2. The minimum Gasteiger partial charge on any atom is -0.497 e. The molecule has 0 heterocycles. The molecule has 0 saturated heterocycles. The highest BCUT2D eigenvalue weighted by Crippen LogP contribution is 2.22. The normalized spacial score (nSPS) is 11.5. The van der Waals surface area contributed by atoms with E-state index < -0.39 is 6.04 Å². The number of esters is 1. The Kier molecular flexibility index (Phi) is 6.17. The number of methoxy groups -OCH3 is 2. The largest absolute Gasteiger partial charge is 0.497 e. The van der Waals surface area contributed by atoms with Crippen molar-refractivity contribution in [2.24, 2.45) is 0 Å². The van der Waals surface area contributed by atoms with Gasteiger partial charge in [-0.25, -0.2) is 0 Å². The van der Waals surface area contributed by atoms with E-state index >= 15 is 0 Å². The fourth-order valence-electron chi connectivity index (χ4n) is 2.57. The molecule has 0 aliphatic carbocycles. The van der Waals surface area contributed by atoms with Crippen molar-refractivity contribution in [2.75, 3.05) is 14.2 Å². The molecule has 0 fully saturated rings. The van der Waals surface area contributed by atoms with Crippen molar-refractivity contribution in [1.82, 2.24) is 5.32 Å². The van der Waals surface area contributed by atoms with E-state index in [-0.39, 0.29) is 18.3 Å². The van der Waals surface area contributed by atoms with E-state index in [4.69, 9.17) is 9.47 Å². The number of carbonyl (C=O) groups is 2. The fraction of sp³-hybridized carbons (Fsp3) is 0.300. The highest BCUT2D eigenvalue weighted by Gasteiger charge is 2.21. The molecule has 132 valence electrons. The van der Waals surface area contributed by atoms with E-state index in [1.165, 1.54) is 7.11 Å². The molecular weight excluding hydrogens is 318 g/mol. The van der Waals surface area contributed by atoms with Gasteiger partial charge in [-0.15, -0.1) is 0 Å². The van der Waals surface area contributed by atoms with Crippen LogP contribution in [0.25, 0.3) is 0 Å². The van der Waals surface area contributed by atoms with Gasteiger partial charge in [-0.05, 0) is 48.7 Å². The zero-order valence-corrected chi connectivity index (χ0v) is 15.0. The van der Waals surface area contributed by atoms with E-state index in [0.29, 0.717) is 11.3 Å². The Morgan fingerprint density at radius 2 is 1.72 bits per heavy atom. The van der Waals surface area contributed by atoms with Crippen LogP contribution in [0.3, 0.4) is 0 Å². The predicted molar refractivity (Wildman–Crippen MR) is 95.8 cm³/mol. The molecule has 1 amide bonds. The molecule has 2 aromatic rings. The lowest BCUT2D eigenvalue weighted by atomic mass is 10.00. The number of aryl methyl sites for hydroxylation is 1. The molecule has 1 atom stereocenters. The van der Waals surface area contributed by atoms with Crippen molar-refractivity contribution in [1.29, 1.82) is 0 Å². The van der Waals surface area contributed by atoms with Gasteiger partial charge in [-0.2, -0.15) is 0 Å². The minimum absolute atomic E-state index is 0.0550. The molecular formula is C20H23NO4. The van der Waals surface area contributed by atoms with Crippen LogP contribution in [0.2, 0.25) is 0 Å². The molecule has 2 rings (SSSR count). The Morgan fingerprint density at radius 3 is 2.32 bits per heavy atom. The molecule has 5 heteroatoms. The molecule has 0 bridgehead atoms. The summed E-state index contributed by atoms with van der Waals surface area (Å²) < 4.78 is 9.91. The summed E-state index contributed by atoms with van der Waals surface area (Å²) in [4.78, 5) is 24.5. The lowest BCUT2D eigenvalue weighted by molar-refractivity contribution is -0.141. The first-order chi connectivity index (χ1) is 12.0. The summed E-state index contributed by atoms with van der Waals surface area (Å²) in [6, 6.07) is 12.4. The Balaban J connectivity index is 2.27. The van der Waals surface area contributed by atoms with Crippen LogP contribution >= 0.6 is 0 Å². The summed E-state index contributed by atoms with van der Waals surface area (Å²) in [6.07, 6.45) is 0.0550. The SMILES string of the molecule is COC(=O)CC(NC(=O)c1cccc(C)c1C)c1ccc(OC)cc1. The van der Waals surface area contributed by atoms with Gasteiger partial charge in [0.2, 0.25) is 0 Å². The van der Waals surface area contributed by atoms with Crippen LogP contribution in [0.5, 0.6) is 5.75 Å². The first-order valence-corrected chi connectivity index (χ1v) is 8.04. The monoisotopic (exact) mass is 341 g/mol. The summed E-state index contributed by atoms with van der Waals surface area (Å²) in [5.41, 5.74) is 3.38. The van der Waals surface area contributed by atoms with Gasteiger partial charge in [0.15, 0.2) is 0 Å². The molecule has 2 aromatic carbocycles. The predicted octanol–water partition coefficient (Wildman–Crippen LogP) is 3.35. The van der Waals surface area contributed by atoms with Crippen LogP contribution in [0, 0.1) is 13.8 Å². The lowest BCUT2D eigenvalue weighted by Gasteiger charge is -2.19. The van der Waals surface area contributed by atoms with Crippen molar-refractivity contribution in [2.45, 2.75) is 26.3 Å². The van der Waals surface area contributed by atoms with E-state index in [0.717, 1.165) is 16.7 Å². The van der Waals surface area contributed by atoms with Gasteiger partial charge in [-0.3, -0.25) is 9.59 Å². The molecule has 5 nitrogen and oxygen atoms in total. The molecule has 0 saturated carbocycles. The number of hydrogen-bond donors (Lipinski definition) is 1. The maximum absolute atomic E-state index is 12.7. The van der Waals surface area contributed by atoms with Crippen molar-refractivity contribution >= 4 is 11.9 Å². The summed E-state index contributed by atoms with van der Waals surface area (Å²) in [5, 5.41) is 2.94. The Bertz CT molecular complexity index is 753. The average molecular weight is 341 g/mol. The summed E-state index contributed by atoms with van der Waals surface area (Å²) in [6.45, 7) is 3.87. The van der Waals surface area contributed by atoms with Crippen LogP contribution in [-0.2, 0) is 9.53 Å². The van der Waals surface area contributed by atoms with Crippen LogP contribution in [-0.4, -0.2) is 26.1 Å². The molecule has 0 aromatic heterocycles. The molecule has 0 radical (unpaired) electrons. The second-order valence-corrected chi connectivity index (χ2v) is 5.83. The topological polar surface area (TPSA) is 64.6 Å². The molecule has 0 aliphatic rings. The first kappa shape index (κ1) is 18.5. The zero-order valence-electron chi connectivity index (χ0n) is 15.0. The van der Waals surface area contributed by atoms with E-state index in [1.54, 1.807) is 25.3 Å². The molecule has 0 spiro atoms. The lowest BCUT2D eigenvalue weighted by Crippen LogP contribution is -2.31. The smallest absolute Gasteiger partial charge is 0.307 e. The second-order valence-electron chi connectivity index (χ2n) is 5.83. The summed E-state index contributed by atoms with van der Waals surface area (Å²) in [5.74, 6) is 0.106. The van der Waals surface area contributed by atoms with Gasteiger partial charge in [0.1, 0.15) is 5.75 Å². The summed E-state index contributed by atoms with van der Waals surface area (Å²) >= 11 is 0. The summed E-state index contributed by atoms with van der Waals surface area (Å²) in [7, 11) is 2.92. The average Bonchev–Trinajstić information content (AvgIpc) is 2.63. The Morgan fingerprint density at radius 1 is 1.04 bits per heavy atom. The number of nitrogens with one attached hydrogen (secondary N) is 1. The minimum atomic E-state index is -0.481. The van der Waals surface area contributed by atoms with Crippen LogP contribution in [0.1, 0.15) is 39.5 Å². The van der Waals surface area contributed by atoms with Gasteiger partial charge < -0.3 is 14.8 Å². The number of amides is 1. The standard InChI is InChI=1S/C20H23NO4/c1-13-6-5-7-17(14(13)2)20(23)21-18(12-19(22)25-4)15-8-10-16(24-3)11-9-15/h5-11,18H,12H2,1-4H3,(H,21,23). The van der Waals surface area contributed by atoms with Gasteiger partial charge in [-0.1, -0.05) is 24.3 Å². The number of carbonyl (C=O) groups excluding carboxylic acids is 2. The van der Waals surface area contributed by atoms with E-state index in [2.05, 4.69) is 5.32 Å². The maximum Gasteiger partial charge on any atom is 0.307 e. The number of rotatable bonds is 6. The van der Waals surface area contributed by atoms with Gasteiger partial charge in [0, 0.05) is 5.56 Å².